The lowest BCUT2D eigenvalue weighted by Crippen LogP contribution is -2.70. The van der Waals surface area contributed by atoms with Crippen molar-refractivity contribution in [3.05, 3.63) is 16.4 Å². The van der Waals surface area contributed by atoms with E-state index in [0.717, 1.165) is 25.7 Å². The second-order valence-corrected chi connectivity index (χ2v) is 10.9. The average Bonchev–Trinajstić information content (AvgIpc) is 3.31. The van der Waals surface area contributed by atoms with Crippen LogP contribution in [0.2, 0.25) is 0 Å². The summed E-state index contributed by atoms with van der Waals surface area (Å²) < 4.78 is 4.93. The molecule has 1 unspecified atom stereocenters. The number of hydrogen-bond donors (Lipinski definition) is 1. The molecule has 0 amide bonds. The van der Waals surface area contributed by atoms with E-state index in [2.05, 4.69) is 6.92 Å². The lowest BCUT2D eigenvalue weighted by atomic mass is 9.45. The number of ketones is 1. The zero-order chi connectivity index (χ0) is 20.3. The van der Waals surface area contributed by atoms with E-state index < -0.39 is 10.8 Å². The highest BCUT2D eigenvalue weighted by atomic mass is 16.6. The standard InChI is InChI=1S/C23H31NO5/c1-12-9-24(28)10-14-5-3-13-4-6-15-17(21(27)29-2)8-22(19(13)15)20(26)16(12)7-18(24)23(14,22)11-25/h12,14-18,25H,3-11H2,1-2H3/t12-,14+,15+,16?,17+,18-,22-,23+,24-/m0/s1. The Kier molecular flexibility index (Phi) is 3.52. The number of ether oxygens (including phenoxy) is 1. The van der Waals surface area contributed by atoms with Crippen molar-refractivity contribution in [3.63, 3.8) is 0 Å². The number of hydroxylamine groups is 3. The number of carbonyl (C=O) groups is 2. The molecule has 6 heteroatoms. The van der Waals surface area contributed by atoms with Crippen LogP contribution in [0.25, 0.3) is 0 Å². The van der Waals surface area contributed by atoms with Crippen LogP contribution in [0.3, 0.4) is 0 Å². The van der Waals surface area contributed by atoms with Crippen LogP contribution >= 0.6 is 0 Å². The van der Waals surface area contributed by atoms with Crippen molar-refractivity contribution in [2.75, 3.05) is 26.8 Å². The van der Waals surface area contributed by atoms with Gasteiger partial charge in [-0.25, -0.2) is 0 Å². The van der Waals surface area contributed by atoms with E-state index in [1.807, 2.05) is 0 Å². The topological polar surface area (TPSA) is 86.7 Å². The highest BCUT2D eigenvalue weighted by molar-refractivity contribution is 5.95. The number of esters is 1. The summed E-state index contributed by atoms with van der Waals surface area (Å²) in [6.07, 6.45) is 4.69. The maximum absolute atomic E-state index is 14.3. The van der Waals surface area contributed by atoms with Gasteiger partial charge >= 0.3 is 5.97 Å². The Morgan fingerprint density at radius 2 is 2.03 bits per heavy atom. The Balaban J connectivity index is 1.65. The first-order valence-electron chi connectivity index (χ1n) is 11.4. The summed E-state index contributed by atoms with van der Waals surface area (Å²) in [6.45, 7) is 2.95. The normalized spacial score (nSPS) is 54.4. The fourth-order valence-corrected chi connectivity index (χ4v) is 9.46. The molecule has 2 heterocycles. The van der Waals surface area contributed by atoms with Crippen LogP contribution in [-0.4, -0.2) is 54.4 Å². The average molecular weight is 402 g/mol. The summed E-state index contributed by atoms with van der Waals surface area (Å²) in [5.41, 5.74) is 0.996. The fraction of sp³-hybridized carbons (Fsp3) is 0.826. The van der Waals surface area contributed by atoms with Gasteiger partial charge in [0.25, 0.3) is 0 Å². The molecule has 0 aromatic rings. The van der Waals surface area contributed by atoms with Crippen molar-refractivity contribution >= 4 is 11.8 Å². The first kappa shape index (κ1) is 18.5. The fourth-order valence-electron chi connectivity index (χ4n) is 9.46. The van der Waals surface area contributed by atoms with E-state index in [4.69, 9.17) is 4.74 Å². The summed E-state index contributed by atoms with van der Waals surface area (Å²) in [6, 6.07) is -0.221. The Morgan fingerprint density at radius 3 is 2.76 bits per heavy atom. The lowest BCUT2D eigenvalue weighted by molar-refractivity contribution is -0.908. The maximum atomic E-state index is 14.3. The summed E-state index contributed by atoms with van der Waals surface area (Å²) in [5, 5.41) is 25.0. The monoisotopic (exact) mass is 401 g/mol. The Labute approximate surface area is 171 Å². The van der Waals surface area contributed by atoms with Crippen LogP contribution in [0, 0.1) is 45.6 Å². The molecule has 0 radical (unpaired) electrons. The zero-order valence-electron chi connectivity index (χ0n) is 17.4. The Morgan fingerprint density at radius 1 is 1.28 bits per heavy atom. The van der Waals surface area contributed by atoms with Gasteiger partial charge in [-0.15, -0.1) is 0 Å². The van der Waals surface area contributed by atoms with Crippen molar-refractivity contribution in [3.8, 4) is 0 Å². The van der Waals surface area contributed by atoms with E-state index in [0.29, 0.717) is 25.9 Å². The van der Waals surface area contributed by atoms with Gasteiger partial charge in [-0.2, -0.15) is 0 Å². The molecule has 6 rings (SSSR count). The first-order chi connectivity index (χ1) is 13.8. The molecule has 1 spiro atoms. The van der Waals surface area contributed by atoms with Gasteiger partial charge in [0.05, 0.1) is 49.6 Å². The number of methoxy groups -OCH3 is 1. The molecular weight excluding hydrogens is 370 g/mol. The molecule has 2 bridgehead atoms. The Bertz CT molecular complexity index is 852. The van der Waals surface area contributed by atoms with Crippen LogP contribution in [-0.2, 0) is 14.3 Å². The van der Waals surface area contributed by atoms with E-state index in [1.54, 1.807) is 0 Å². The third-order valence-electron chi connectivity index (χ3n) is 10.3. The van der Waals surface area contributed by atoms with E-state index in [-0.39, 0.29) is 58.6 Å². The number of quaternary nitrogens is 1. The molecule has 4 aliphatic carbocycles. The van der Waals surface area contributed by atoms with Crippen molar-refractivity contribution < 1.29 is 24.1 Å². The number of aliphatic hydroxyl groups excluding tert-OH is 1. The quantitative estimate of drug-likeness (QED) is 0.332. The van der Waals surface area contributed by atoms with Gasteiger partial charge in [-0.3, -0.25) is 9.59 Å². The van der Waals surface area contributed by atoms with Gasteiger partial charge in [-0.05, 0) is 38.0 Å². The molecule has 2 saturated heterocycles. The SMILES string of the molecule is COC(=O)[C@@H]1C[C@]23C(=O)C4C[C@H]5[C@@]2(CO)[C@H](CCC2=C3[C@@H]1CC2)C[N@@+]5([O-])C[C@@H]4C. The molecule has 4 fully saturated rings. The van der Waals surface area contributed by atoms with Gasteiger partial charge in [0, 0.05) is 24.2 Å². The predicted molar refractivity (Wildman–Crippen MR) is 104 cm³/mol. The zero-order valence-corrected chi connectivity index (χ0v) is 17.4. The number of fused-ring (bicyclic) bond motifs is 1. The number of hydrogen-bond acceptors (Lipinski definition) is 5. The molecule has 6 aliphatic rings. The number of aliphatic hydroxyl groups is 1. The lowest BCUT2D eigenvalue weighted by Gasteiger charge is -2.62. The molecular formula is C23H31NO5. The number of allylic oxidation sites excluding steroid dienone is 2. The highest BCUT2D eigenvalue weighted by Crippen LogP contribution is 2.76. The number of Topliss-reactive ketones (excluding diaryl/α,β-unsaturated/α-hetero) is 1. The van der Waals surface area contributed by atoms with Gasteiger partial charge in [-0.1, -0.05) is 18.1 Å². The summed E-state index contributed by atoms with van der Waals surface area (Å²) in [7, 11) is 1.43. The smallest absolute Gasteiger partial charge is 0.309 e. The van der Waals surface area contributed by atoms with Crippen LogP contribution in [0.5, 0.6) is 0 Å². The molecule has 0 aromatic carbocycles. The summed E-state index contributed by atoms with van der Waals surface area (Å²) in [5.74, 6) is -0.275. The molecule has 158 valence electrons. The molecule has 9 atom stereocenters. The Hall–Kier alpha value is -1.24. The minimum Gasteiger partial charge on any atom is -0.633 e. The number of nitrogens with zero attached hydrogens (tertiary/aromatic N) is 1. The summed E-state index contributed by atoms with van der Waals surface area (Å²) >= 11 is 0. The van der Waals surface area contributed by atoms with Crippen molar-refractivity contribution in [2.45, 2.75) is 51.5 Å². The van der Waals surface area contributed by atoms with E-state index >= 15 is 0 Å². The van der Waals surface area contributed by atoms with Crippen LogP contribution in [0.4, 0.5) is 0 Å². The molecule has 2 aliphatic heterocycles. The van der Waals surface area contributed by atoms with Gasteiger partial charge in [0.15, 0.2) is 0 Å². The van der Waals surface area contributed by atoms with Gasteiger partial charge in [0.2, 0.25) is 0 Å². The van der Waals surface area contributed by atoms with Crippen molar-refractivity contribution in [1.29, 1.82) is 0 Å². The summed E-state index contributed by atoms with van der Waals surface area (Å²) in [4.78, 5) is 27.1. The van der Waals surface area contributed by atoms with Crippen LogP contribution < -0.4 is 0 Å². The second-order valence-electron chi connectivity index (χ2n) is 10.9. The van der Waals surface area contributed by atoms with E-state index in [9.17, 15) is 19.9 Å². The second kappa shape index (κ2) is 5.51. The molecule has 2 saturated carbocycles. The van der Waals surface area contributed by atoms with Crippen molar-refractivity contribution in [1.82, 2.24) is 0 Å². The minimum atomic E-state index is -0.828. The number of piperidine rings is 1. The largest absolute Gasteiger partial charge is 0.633 e. The maximum Gasteiger partial charge on any atom is 0.309 e. The third kappa shape index (κ3) is 1.79. The number of carbonyl (C=O) groups excluding carboxylic acids is 2. The number of rotatable bonds is 2. The highest BCUT2D eigenvalue weighted by Gasteiger charge is 2.80. The molecule has 1 N–H and O–H groups in total. The minimum absolute atomic E-state index is 0.0480. The third-order valence-corrected chi connectivity index (χ3v) is 10.3. The van der Waals surface area contributed by atoms with Crippen LogP contribution in [0.1, 0.15) is 45.4 Å². The van der Waals surface area contributed by atoms with E-state index in [1.165, 1.54) is 18.3 Å². The van der Waals surface area contributed by atoms with Crippen molar-refractivity contribution in [2.24, 2.45) is 40.4 Å². The van der Waals surface area contributed by atoms with Crippen LogP contribution in [0.15, 0.2) is 11.1 Å². The molecule has 6 nitrogen and oxygen atoms in total. The molecule has 0 aromatic heterocycles. The first-order valence-corrected chi connectivity index (χ1v) is 11.4. The predicted octanol–water partition coefficient (Wildman–Crippen LogP) is 2.20. The van der Waals surface area contributed by atoms with Gasteiger partial charge < -0.3 is 19.7 Å². The van der Waals surface area contributed by atoms with Gasteiger partial charge in [0.1, 0.15) is 5.78 Å². The molecule has 29 heavy (non-hydrogen) atoms.